The molecule has 0 unspecified atom stereocenters. The van der Waals surface area contributed by atoms with Crippen LogP contribution in [-0.4, -0.2) is 46.7 Å². The van der Waals surface area contributed by atoms with Gasteiger partial charge in [-0.3, -0.25) is 14.5 Å². The molecule has 0 aromatic heterocycles. The van der Waals surface area contributed by atoms with Crippen LogP contribution in [0.3, 0.4) is 0 Å². The van der Waals surface area contributed by atoms with Gasteiger partial charge in [0.1, 0.15) is 0 Å². The highest BCUT2D eigenvalue weighted by Gasteiger charge is 2.28. The molecule has 5 nitrogen and oxygen atoms in total. The lowest BCUT2D eigenvalue weighted by Gasteiger charge is -2.32. The summed E-state index contributed by atoms with van der Waals surface area (Å²) >= 11 is 0. The maximum Gasteiger partial charge on any atom is 0.317 e. The highest BCUT2D eigenvalue weighted by molar-refractivity contribution is 5.70. The highest BCUT2D eigenvalue weighted by atomic mass is 16.4. The van der Waals surface area contributed by atoms with Gasteiger partial charge in [-0.25, -0.2) is 0 Å². The van der Waals surface area contributed by atoms with Crippen molar-refractivity contribution in [3.8, 4) is 0 Å². The summed E-state index contributed by atoms with van der Waals surface area (Å²) in [6, 6.07) is 0.219. The molecule has 0 aliphatic heterocycles. The van der Waals surface area contributed by atoms with Gasteiger partial charge in [-0.1, -0.05) is 0 Å². The second kappa shape index (κ2) is 5.11. The summed E-state index contributed by atoms with van der Waals surface area (Å²) in [5.41, 5.74) is 0. The van der Waals surface area contributed by atoms with Gasteiger partial charge in [0.05, 0.1) is 12.5 Å². The molecule has 15 heavy (non-hydrogen) atoms. The maximum absolute atomic E-state index is 10.7. The first kappa shape index (κ1) is 12.0. The molecule has 1 aliphatic carbocycles. The number of carboxylic acids is 2. The van der Waals surface area contributed by atoms with Gasteiger partial charge in [-0.15, -0.1) is 0 Å². The van der Waals surface area contributed by atoms with Crippen LogP contribution in [0, 0.1) is 5.92 Å². The predicted octanol–water partition coefficient (Wildman–Crippen LogP) is 0.646. The van der Waals surface area contributed by atoms with Crippen molar-refractivity contribution >= 4 is 11.9 Å². The fourth-order valence-corrected chi connectivity index (χ4v) is 2.11. The molecular weight excluding hydrogens is 198 g/mol. The van der Waals surface area contributed by atoms with E-state index in [0.717, 1.165) is 12.8 Å². The standard InChI is InChI=1S/C10H17NO4/c1-11(6-9(12)13)8-4-2-7(3-5-8)10(14)15/h7-8H,2-6H2,1H3,(H,12,13)(H,14,15). The van der Waals surface area contributed by atoms with Crippen molar-refractivity contribution < 1.29 is 19.8 Å². The lowest BCUT2D eigenvalue weighted by atomic mass is 9.85. The van der Waals surface area contributed by atoms with Gasteiger partial charge in [-0.2, -0.15) is 0 Å². The smallest absolute Gasteiger partial charge is 0.317 e. The van der Waals surface area contributed by atoms with E-state index in [1.807, 2.05) is 0 Å². The molecule has 0 heterocycles. The lowest BCUT2D eigenvalue weighted by molar-refractivity contribution is -0.144. The molecule has 0 bridgehead atoms. The molecule has 0 aromatic carbocycles. The lowest BCUT2D eigenvalue weighted by Crippen LogP contribution is -2.39. The Bertz CT molecular complexity index is 246. The molecular formula is C10H17NO4. The van der Waals surface area contributed by atoms with E-state index in [1.165, 1.54) is 0 Å². The normalized spacial score (nSPS) is 26.5. The molecule has 1 saturated carbocycles. The van der Waals surface area contributed by atoms with Crippen molar-refractivity contribution in [2.75, 3.05) is 13.6 Å². The van der Waals surface area contributed by atoms with Gasteiger partial charge in [0.2, 0.25) is 0 Å². The summed E-state index contributed by atoms with van der Waals surface area (Å²) in [6.07, 6.45) is 2.87. The molecule has 1 aliphatic rings. The Hall–Kier alpha value is -1.10. The Morgan fingerprint density at radius 2 is 1.73 bits per heavy atom. The van der Waals surface area contributed by atoms with Gasteiger partial charge < -0.3 is 10.2 Å². The average molecular weight is 215 g/mol. The molecule has 1 rings (SSSR count). The van der Waals surface area contributed by atoms with Crippen LogP contribution in [-0.2, 0) is 9.59 Å². The van der Waals surface area contributed by atoms with Gasteiger partial charge in [0, 0.05) is 6.04 Å². The van der Waals surface area contributed by atoms with Gasteiger partial charge >= 0.3 is 11.9 Å². The molecule has 0 aromatic rings. The molecule has 0 atom stereocenters. The predicted molar refractivity (Wildman–Crippen MR) is 53.6 cm³/mol. The van der Waals surface area contributed by atoms with E-state index >= 15 is 0 Å². The van der Waals surface area contributed by atoms with Crippen molar-refractivity contribution in [1.82, 2.24) is 4.90 Å². The number of rotatable bonds is 4. The molecule has 0 amide bonds. The first-order valence-electron chi connectivity index (χ1n) is 5.15. The largest absolute Gasteiger partial charge is 0.481 e. The summed E-state index contributed by atoms with van der Waals surface area (Å²) in [6.45, 7) is 0.0302. The summed E-state index contributed by atoms with van der Waals surface area (Å²) in [5, 5.41) is 17.4. The first-order valence-corrected chi connectivity index (χ1v) is 5.15. The third-order valence-corrected chi connectivity index (χ3v) is 3.05. The number of carboxylic acid groups (broad SMARTS) is 2. The summed E-state index contributed by atoms with van der Waals surface area (Å²) in [5.74, 6) is -1.80. The van der Waals surface area contributed by atoms with Crippen LogP contribution in [0.5, 0.6) is 0 Å². The number of hydrogen-bond acceptors (Lipinski definition) is 3. The summed E-state index contributed by atoms with van der Waals surface area (Å²) in [4.78, 5) is 23.0. The van der Waals surface area contributed by atoms with E-state index in [0.29, 0.717) is 12.8 Å². The monoisotopic (exact) mass is 215 g/mol. The second-order valence-electron chi connectivity index (χ2n) is 4.15. The van der Waals surface area contributed by atoms with Crippen molar-refractivity contribution in [2.24, 2.45) is 5.92 Å². The summed E-state index contributed by atoms with van der Waals surface area (Å²) in [7, 11) is 1.78. The second-order valence-corrected chi connectivity index (χ2v) is 4.15. The SMILES string of the molecule is CN(CC(=O)O)C1CCC(C(=O)O)CC1. The maximum atomic E-state index is 10.7. The number of nitrogens with zero attached hydrogens (tertiary/aromatic N) is 1. The number of aliphatic carboxylic acids is 2. The van der Waals surface area contributed by atoms with E-state index in [1.54, 1.807) is 11.9 Å². The molecule has 86 valence electrons. The zero-order valence-corrected chi connectivity index (χ0v) is 8.85. The quantitative estimate of drug-likeness (QED) is 0.719. The first-order chi connectivity index (χ1) is 7.00. The minimum atomic E-state index is -0.835. The molecule has 0 spiro atoms. The minimum absolute atomic E-state index is 0.0302. The van der Waals surface area contributed by atoms with Crippen LogP contribution in [0.2, 0.25) is 0 Å². The molecule has 0 saturated heterocycles. The van der Waals surface area contributed by atoms with Crippen LogP contribution in [0.4, 0.5) is 0 Å². The molecule has 0 radical (unpaired) electrons. The van der Waals surface area contributed by atoms with Crippen molar-refractivity contribution in [1.29, 1.82) is 0 Å². The molecule has 2 N–H and O–H groups in total. The van der Waals surface area contributed by atoms with Crippen LogP contribution >= 0.6 is 0 Å². The van der Waals surface area contributed by atoms with Gasteiger partial charge in [0.15, 0.2) is 0 Å². The van der Waals surface area contributed by atoms with Crippen LogP contribution in [0.25, 0.3) is 0 Å². The van der Waals surface area contributed by atoms with E-state index < -0.39 is 11.9 Å². The number of hydrogen-bond donors (Lipinski definition) is 2. The highest BCUT2D eigenvalue weighted by Crippen LogP contribution is 2.26. The average Bonchev–Trinajstić information content (AvgIpc) is 2.17. The fourth-order valence-electron chi connectivity index (χ4n) is 2.11. The van der Waals surface area contributed by atoms with E-state index in [4.69, 9.17) is 10.2 Å². The van der Waals surface area contributed by atoms with E-state index in [-0.39, 0.29) is 18.5 Å². The molecule has 1 fully saturated rings. The van der Waals surface area contributed by atoms with E-state index in [9.17, 15) is 9.59 Å². The van der Waals surface area contributed by atoms with Crippen LogP contribution in [0.1, 0.15) is 25.7 Å². The topological polar surface area (TPSA) is 77.8 Å². The third kappa shape index (κ3) is 3.51. The van der Waals surface area contributed by atoms with Crippen LogP contribution in [0.15, 0.2) is 0 Å². The summed E-state index contributed by atoms with van der Waals surface area (Å²) < 4.78 is 0. The Labute approximate surface area is 88.7 Å². The van der Waals surface area contributed by atoms with Crippen molar-refractivity contribution in [3.63, 3.8) is 0 Å². The third-order valence-electron chi connectivity index (χ3n) is 3.05. The van der Waals surface area contributed by atoms with Crippen molar-refractivity contribution in [3.05, 3.63) is 0 Å². The van der Waals surface area contributed by atoms with Crippen LogP contribution < -0.4 is 0 Å². The number of likely N-dealkylation sites (N-methyl/N-ethyl adjacent to an activating group) is 1. The van der Waals surface area contributed by atoms with Crippen molar-refractivity contribution in [2.45, 2.75) is 31.7 Å². The number of carbonyl (C=O) groups is 2. The van der Waals surface area contributed by atoms with Gasteiger partial charge in [0.25, 0.3) is 0 Å². The fraction of sp³-hybridized carbons (Fsp3) is 0.800. The Balaban J connectivity index is 2.36. The molecule has 5 heteroatoms. The minimum Gasteiger partial charge on any atom is -0.481 e. The van der Waals surface area contributed by atoms with Gasteiger partial charge in [-0.05, 0) is 32.7 Å². The Morgan fingerprint density at radius 3 is 2.13 bits per heavy atom. The zero-order valence-electron chi connectivity index (χ0n) is 8.85. The Kier molecular flexibility index (Phi) is 4.08. The van der Waals surface area contributed by atoms with E-state index in [2.05, 4.69) is 0 Å². The Morgan fingerprint density at radius 1 is 1.20 bits per heavy atom. The zero-order chi connectivity index (χ0) is 11.4.